The fourth-order valence-corrected chi connectivity index (χ4v) is 3.15. The van der Waals surface area contributed by atoms with Crippen LogP contribution < -0.4 is 5.32 Å². The second-order valence-electron chi connectivity index (χ2n) is 6.30. The molecule has 0 amide bonds. The number of aromatic nitrogens is 2. The second-order valence-corrected chi connectivity index (χ2v) is 6.66. The van der Waals surface area contributed by atoms with Crippen LogP contribution in [0.3, 0.4) is 0 Å². The number of hydrogen-bond donors (Lipinski definition) is 2. The molecule has 120 valence electrons. The van der Waals surface area contributed by atoms with Crippen LogP contribution in [-0.2, 0) is 13.0 Å². The van der Waals surface area contributed by atoms with Gasteiger partial charge in [-0.1, -0.05) is 31.9 Å². The Kier molecular flexibility index (Phi) is 7.00. The van der Waals surface area contributed by atoms with Gasteiger partial charge in [-0.25, -0.2) is 4.98 Å². The molecule has 1 unspecified atom stereocenters. The van der Waals surface area contributed by atoms with E-state index in [-0.39, 0.29) is 0 Å². The van der Waals surface area contributed by atoms with Crippen molar-refractivity contribution in [1.82, 2.24) is 20.2 Å². The lowest BCUT2D eigenvalue weighted by Crippen LogP contribution is -2.31. The minimum Gasteiger partial charge on any atom is -0.344 e. The molecule has 2 N–H and O–H groups in total. The van der Waals surface area contributed by atoms with Crippen molar-refractivity contribution in [2.24, 2.45) is 5.92 Å². The zero-order valence-corrected chi connectivity index (χ0v) is 14.2. The average Bonchev–Trinajstić information content (AvgIpc) is 3.07. The van der Waals surface area contributed by atoms with E-state index in [4.69, 9.17) is 11.6 Å². The summed E-state index contributed by atoms with van der Waals surface area (Å²) in [5.74, 6) is 1.69. The molecule has 1 aliphatic rings. The summed E-state index contributed by atoms with van der Waals surface area (Å²) in [5.41, 5.74) is 1.02. The summed E-state index contributed by atoms with van der Waals surface area (Å²) >= 11 is 6.19. The van der Waals surface area contributed by atoms with Crippen molar-refractivity contribution < 1.29 is 0 Å². The van der Waals surface area contributed by atoms with Crippen molar-refractivity contribution >= 4 is 11.6 Å². The lowest BCUT2D eigenvalue weighted by Gasteiger charge is -2.20. The van der Waals surface area contributed by atoms with Crippen molar-refractivity contribution in [3.05, 3.63) is 16.7 Å². The maximum atomic E-state index is 6.19. The van der Waals surface area contributed by atoms with Gasteiger partial charge < -0.3 is 15.2 Å². The van der Waals surface area contributed by atoms with E-state index in [2.05, 4.69) is 34.0 Å². The topological polar surface area (TPSA) is 44.0 Å². The first-order valence-electron chi connectivity index (χ1n) is 8.35. The van der Waals surface area contributed by atoms with Crippen molar-refractivity contribution in [3.63, 3.8) is 0 Å². The van der Waals surface area contributed by atoms with Crippen LogP contribution in [-0.4, -0.2) is 41.0 Å². The first-order chi connectivity index (χ1) is 10.2. The molecular weight excluding hydrogens is 284 g/mol. The molecule has 2 rings (SSSR count). The quantitative estimate of drug-likeness (QED) is 0.736. The van der Waals surface area contributed by atoms with Gasteiger partial charge in [0.15, 0.2) is 5.15 Å². The fourth-order valence-electron chi connectivity index (χ4n) is 2.93. The molecule has 0 saturated carbocycles. The summed E-state index contributed by atoms with van der Waals surface area (Å²) in [6.45, 7) is 10.1. The largest absolute Gasteiger partial charge is 0.344 e. The number of nitrogens with zero attached hydrogens (tertiary/aromatic N) is 2. The third kappa shape index (κ3) is 5.61. The highest BCUT2D eigenvalue weighted by Gasteiger charge is 2.14. The Morgan fingerprint density at radius 2 is 2.14 bits per heavy atom. The number of imidazole rings is 1. The number of unbranched alkanes of at least 4 members (excludes halogenated alkanes) is 1. The monoisotopic (exact) mass is 312 g/mol. The molecule has 2 heterocycles. The Morgan fingerprint density at radius 3 is 2.86 bits per heavy atom. The Hall–Kier alpha value is -0.580. The van der Waals surface area contributed by atoms with Crippen LogP contribution in [0.5, 0.6) is 0 Å². The second kappa shape index (κ2) is 8.76. The molecule has 0 aliphatic carbocycles. The van der Waals surface area contributed by atoms with Gasteiger partial charge in [0, 0.05) is 19.5 Å². The van der Waals surface area contributed by atoms with E-state index in [0.717, 1.165) is 37.4 Å². The van der Waals surface area contributed by atoms with E-state index < -0.39 is 0 Å². The van der Waals surface area contributed by atoms with Crippen LogP contribution in [0.1, 0.15) is 51.0 Å². The number of hydrogen-bond acceptors (Lipinski definition) is 3. The molecule has 1 aliphatic heterocycles. The van der Waals surface area contributed by atoms with Crippen molar-refractivity contribution in [2.45, 2.75) is 52.5 Å². The van der Waals surface area contributed by atoms with Crippen LogP contribution in [0.25, 0.3) is 0 Å². The molecule has 1 fully saturated rings. The van der Waals surface area contributed by atoms with Gasteiger partial charge in [0.2, 0.25) is 0 Å². The Bertz CT molecular complexity index is 412. The first kappa shape index (κ1) is 16.8. The molecule has 1 saturated heterocycles. The predicted molar refractivity (Wildman–Crippen MR) is 88.8 cm³/mol. The smallest absolute Gasteiger partial charge is 0.151 e. The maximum Gasteiger partial charge on any atom is 0.151 e. The molecule has 0 radical (unpaired) electrons. The SMILES string of the molecule is CCCCc1nc(Cl)c(CNCC(C)CN2CCCC2)[nH]1. The fraction of sp³-hybridized carbons (Fsp3) is 0.812. The van der Waals surface area contributed by atoms with Crippen molar-refractivity contribution in [3.8, 4) is 0 Å². The molecule has 0 bridgehead atoms. The average molecular weight is 313 g/mol. The predicted octanol–water partition coefficient (Wildman–Crippen LogP) is 3.23. The number of nitrogens with one attached hydrogen (secondary N) is 2. The summed E-state index contributed by atoms with van der Waals surface area (Å²) in [6.07, 6.45) is 6.06. The van der Waals surface area contributed by atoms with Gasteiger partial charge in [0.25, 0.3) is 0 Å². The molecule has 1 aromatic heterocycles. The van der Waals surface area contributed by atoms with E-state index in [0.29, 0.717) is 11.1 Å². The molecule has 1 atom stereocenters. The highest BCUT2D eigenvalue weighted by atomic mass is 35.5. The zero-order chi connectivity index (χ0) is 15.1. The zero-order valence-electron chi connectivity index (χ0n) is 13.4. The molecule has 0 spiro atoms. The Morgan fingerprint density at radius 1 is 1.38 bits per heavy atom. The van der Waals surface area contributed by atoms with Crippen LogP contribution >= 0.6 is 11.6 Å². The lowest BCUT2D eigenvalue weighted by molar-refractivity contribution is 0.282. The van der Waals surface area contributed by atoms with Crippen molar-refractivity contribution in [1.29, 1.82) is 0 Å². The van der Waals surface area contributed by atoms with Gasteiger partial charge in [-0.15, -0.1) is 0 Å². The minimum absolute atomic E-state index is 0.626. The standard InChI is InChI=1S/C16H29ClN4/c1-3-4-7-15-19-14(16(17)20-15)11-18-10-13(2)12-21-8-5-6-9-21/h13,18H,3-12H2,1-2H3,(H,19,20). The third-order valence-corrected chi connectivity index (χ3v) is 4.42. The number of halogens is 1. The van der Waals surface area contributed by atoms with Gasteiger partial charge in [-0.3, -0.25) is 0 Å². The number of aryl methyl sites for hydroxylation is 1. The summed E-state index contributed by atoms with van der Waals surface area (Å²) in [4.78, 5) is 10.3. The number of aromatic amines is 1. The van der Waals surface area contributed by atoms with E-state index >= 15 is 0 Å². The van der Waals surface area contributed by atoms with Gasteiger partial charge in [-0.05, 0) is 44.8 Å². The first-order valence-corrected chi connectivity index (χ1v) is 8.73. The minimum atomic E-state index is 0.626. The van der Waals surface area contributed by atoms with Gasteiger partial charge in [0.05, 0.1) is 5.69 Å². The number of H-pyrrole nitrogens is 1. The third-order valence-electron chi connectivity index (χ3n) is 4.11. The Labute approximate surface area is 133 Å². The molecule has 1 aromatic rings. The van der Waals surface area contributed by atoms with Crippen LogP contribution in [0.15, 0.2) is 0 Å². The molecule has 5 heteroatoms. The summed E-state index contributed by atoms with van der Waals surface area (Å²) in [5, 5.41) is 4.13. The highest BCUT2D eigenvalue weighted by Crippen LogP contribution is 2.14. The normalized spacial score (nSPS) is 17.5. The Balaban J connectivity index is 1.68. The summed E-state index contributed by atoms with van der Waals surface area (Å²) in [6, 6.07) is 0. The van der Waals surface area contributed by atoms with E-state index in [1.165, 1.54) is 38.9 Å². The summed E-state index contributed by atoms with van der Waals surface area (Å²) in [7, 11) is 0. The maximum absolute atomic E-state index is 6.19. The molecule has 0 aromatic carbocycles. The van der Waals surface area contributed by atoms with Crippen LogP contribution in [0.2, 0.25) is 5.15 Å². The van der Waals surface area contributed by atoms with Crippen LogP contribution in [0, 0.1) is 5.92 Å². The summed E-state index contributed by atoms with van der Waals surface area (Å²) < 4.78 is 0. The lowest BCUT2D eigenvalue weighted by atomic mass is 10.1. The highest BCUT2D eigenvalue weighted by molar-refractivity contribution is 6.30. The molecule has 4 nitrogen and oxygen atoms in total. The van der Waals surface area contributed by atoms with E-state index in [9.17, 15) is 0 Å². The number of rotatable bonds is 9. The van der Waals surface area contributed by atoms with Crippen molar-refractivity contribution in [2.75, 3.05) is 26.2 Å². The molecule has 21 heavy (non-hydrogen) atoms. The number of likely N-dealkylation sites (tertiary alicyclic amines) is 1. The van der Waals surface area contributed by atoms with Gasteiger partial charge in [-0.2, -0.15) is 0 Å². The van der Waals surface area contributed by atoms with Gasteiger partial charge in [0.1, 0.15) is 5.82 Å². The van der Waals surface area contributed by atoms with E-state index in [1.807, 2.05) is 0 Å². The van der Waals surface area contributed by atoms with Gasteiger partial charge >= 0.3 is 0 Å². The molecular formula is C16H29ClN4. The van der Waals surface area contributed by atoms with Crippen LogP contribution in [0.4, 0.5) is 0 Å². The van der Waals surface area contributed by atoms with E-state index in [1.54, 1.807) is 0 Å².